The van der Waals surface area contributed by atoms with Gasteiger partial charge in [-0.2, -0.15) is 0 Å². The summed E-state index contributed by atoms with van der Waals surface area (Å²) in [5.41, 5.74) is -0.808. The lowest BCUT2D eigenvalue weighted by molar-refractivity contribution is -0.146. The van der Waals surface area contributed by atoms with E-state index in [1.807, 2.05) is 30.6 Å². The molecule has 3 amide bonds. The number of carbonyl (C=O) groups is 3. The second kappa shape index (κ2) is 7.53. The second-order valence-electron chi connectivity index (χ2n) is 10.7. The molecule has 1 spiro atoms. The molecule has 0 N–H and O–H groups in total. The van der Waals surface area contributed by atoms with E-state index < -0.39 is 5.60 Å². The van der Waals surface area contributed by atoms with Crippen LogP contribution in [0.5, 0.6) is 0 Å². The van der Waals surface area contributed by atoms with Crippen LogP contribution in [0.15, 0.2) is 0 Å². The number of amides is 3. The highest BCUT2D eigenvalue weighted by atomic mass is 16.6. The Morgan fingerprint density at radius 3 is 2.55 bits per heavy atom. The van der Waals surface area contributed by atoms with Crippen LogP contribution in [0.4, 0.5) is 9.59 Å². The largest absolute Gasteiger partial charge is 0.468 e. The summed E-state index contributed by atoms with van der Waals surface area (Å²) < 4.78 is 10.6. The van der Waals surface area contributed by atoms with Gasteiger partial charge in [-0.15, -0.1) is 0 Å². The first-order chi connectivity index (χ1) is 14.5. The fraction of sp³-hybridized carbons (Fsp3) is 0.864. The number of urea groups is 1. The summed E-state index contributed by atoms with van der Waals surface area (Å²) in [5, 5.41) is 0. The predicted molar refractivity (Wildman–Crippen MR) is 114 cm³/mol. The summed E-state index contributed by atoms with van der Waals surface area (Å²) in [7, 11) is 1.43. The lowest BCUT2D eigenvalue weighted by Crippen LogP contribution is -2.57. The molecule has 174 valence electrons. The van der Waals surface area contributed by atoms with Crippen LogP contribution in [0.25, 0.3) is 0 Å². The van der Waals surface area contributed by atoms with Gasteiger partial charge in [0.25, 0.3) is 0 Å². The van der Waals surface area contributed by atoms with Crippen molar-refractivity contribution in [3.63, 3.8) is 0 Å². The molecule has 0 aromatic rings. The van der Waals surface area contributed by atoms with Crippen LogP contribution in [-0.2, 0) is 14.3 Å². The molecule has 3 aliphatic heterocycles. The third-order valence-electron chi connectivity index (χ3n) is 7.12. The van der Waals surface area contributed by atoms with Crippen molar-refractivity contribution in [2.24, 2.45) is 5.92 Å². The van der Waals surface area contributed by atoms with Crippen LogP contribution < -0.4 is 0 Å². The molecule has 9 nitrogen and oxygen atoms in total. The highest BCUT2D eigenvalue weighted by molar-refractivity contribution is 5.83. The van der Waals surface area contributed by atoms with Crippen LogP contribution >= 0.6 is 0 Å². The summed E-state index contributed by atoms with van der Waals surface area (Å²) >= 11 is 0. The Labute approximate surface area is 184 Å². The Bertz CT molecular complexity index is 765. The van der Waals surface area contributed by atoms with E-state index in [0.717, 1.165) is 13.0 Å². The number of likely N-dealkylation sites (tertiary alicyclic amines) is 1. The van der Waals surface area contributed by atoms with Crippen molar-refractivity contribution in [1.82, 2.24) is 19.6 Å². The minimum Gasteiger partial charge on any atom is -0.468 e. The van der Waals surface area contributed by atoms with Gasteiger partial charge < -0.3 is 24.2 Å². The second-order valence-corrected chi connectivity index (χ2v) is 10.7. The van der Waals surface area contributed by atoms with Crippen molar-refractivity contribution in [3.05, 3.63) is 0 Å². The fourth-order valence-electron chi connectivity index (χ4n) is 5.64. The SMILES string of the molecule is COC(=O)[C@H]1C[C@H](CN2C(=O)N3CCN(C(=O)OC(C)(C)C)CC34CC24)CN1C(C)C. The van der Waals surface area contributed by atoms with Gasteiger partial charge in [0.15, 0.2) is 0 Å². The molecule has 9 heteroatoms. The van der Waals surface area contributed by atoms with Gasteiger partial charge >= 0.3 is 18.1 Å². The van der Waals surface area contributed by atoms with Crippen molar-refractivity contribution in [2.45, 2.75) is 76.7 Å². The Morgan fingerprint density at radius 2 is 1.94 bits per heavy atom. The first-order valence-electron chi connectivity index (χ1n) is 11.4. The van der Waals surface area contributed by atoms with Gasteiger partial charge in [0, 0.05) is 38.8 Å². The summed E-state index contributed by atoms with van der Waals surface area (Å²) in [4.78, 5) is 45.9. The molecule has 0 radical (unpaired) electrons. The molecule has 4 aliphatic rings. The molecular weight excluding hydrogens is 400 g/mol. The number of carbonyl (C=O) groups excluding carboxylic acids is 3. The van der Waals surface area contributed by atoms with E-state index in [1.165, 1.54) is 7.11 Å². The van der Waals surface area contributed by atoms with Crippen molar-refractivity contribution in [3.8, 4) is 0 Å². The average Bonchev–Trinajstić information content (AvgIpc) is 3.11. The van der Waals surface area contributed by atoms with Crippen LogP contribution in [0.1, 0.15) is 47.5 Å². The molecule has 4 fully saturated rings. The van der Waals surface area contributed by atoms with E-state index in [-0.39, 0.29) is 47.7 Å². The molecule has 2 unspecified atom stereocenters. The molecule has 31 heavy (non-hydrogen) atoms. The molecule has 0 aromatic heterocycles. The van der Waals surface area contributed by atoms with Crippen LogP contribution in [0, 0.1) is 5.92 Å². The molecule has 0 aromatic carbocycles. The maximum atomic E-state index is 13.2. The summed E-state index contributed by atoms with van der Waals surface area (Å²) in [6.45, 7) is 12.8. The fourth-order valence-corrected chi connectivity index (χ4v) is 5.64. The van der Waals surface area contributed by atoms with Crippen LogP contribution in [-0.4, -0.2) is 107 Å². The van der Waals surface area contributed by atoms with Crippen LogP contribution in [0.3, 0.4) is 0 Å². The first kappa shape index (κ1) is 22.2. The van der Waals surface area contributed by atoms with Gasteiger partial charge in [0.05, 0.1) is 18.7 Å². The Kier molecular flexibility index (Phi) is 5.39. The topological polar surface area (TPSA) is 82.6 Å². The third kappa shape index (κ3) is 3.85. The molecule has 4 atom stereocenters. The van der Waals surface area contributed by atoms with Crippen LogP contribution in [0.2, 0.25) is 0 Å². The maximum Gasteiger partial charge on any atom is 0.410 e. The zero-order valence-electron chi connectivity index (χ0n) is 19.6. The molecule has 1 saturated carbocycles. The van der Waals surface area contributed by atoms with Gasteiger partial charge in [0.1, 0.15) is 11.6 Å². The summed E-state index contributed by atoms with van der Waals surface area (Å²) in [6, 6.07) is 0.197. The van der Waals surface area contributed by atoms with E-state index in [1.54, 1.807) is 4.90 Å². The molecule has 3 saturated heterocycles. The highest BCUT2D eigenvalue weighted by Gasteiger charge is 2.71. The lowest BCUT2D eigenvalue weighted by Gasteiger charge is -2.39. The van der Waals surface area contributed by atoms with Crippen molar-refractivity contribution < 1.29 is 23.9 Å². The van der Waals surface area contributed by atoms with Gasteiger partial charge in [-0.05, 0) is 53.4 Å². The zero-order chi connectivity index (χ0) is 22.7. The van der Waals surface area contributed by atoms with Gasteiger partial charge in [-0.3, -0.25) is 9.69 Å². The van der Waals surface area contributed by atoms with E-state index in [0.29, 0.717) is 32.6 Å². The molecule has 1 aliphatic carbocycles. The Balaban J connectivity index is 1.41. The number of esters is 1. The van der Waals surface area contributed by atoms with Crippen molar-refractivity contribution in [2.75, 3.05) is 39.8 Å². The normalized spacial score (nSPS) is 32.9. The first-order valence-corrected chi connectivity index (χ1v) is 11.4. The zero-order valence-corrected chi connectivity index (χ0v) is 19.6. The number of methoxy groups -OCH3 is 1. The van der Waals surface area contributed by atoms with Crippen molar-refractivity contribution in [1.29, 1.82) is 0 Å². The minimum absolute atomic E-state index is 0.0673. The smallest absolute Gasteiger partial charge is 0.410 e. The van der Waals surface area contributed by atoms with Gasteiger partial charge in [0.2, 0.25) is 0 Å². The third-order valence-corrected chi connectivity index (χ3v) is 7.12. The monoisotopic (exact) mass is 436 g/mol. The number of hydrogen-bond donors (Lipinski definition) is 0. The van der Waals surface area contributed by atoms with E-state index in [2.05, 4.69) is 18.7 Å². The summed E-state index contributed by atoms with van der Waals surface area (Å²) in [6.07, 6.45) is 1.29. The van der Waals surface area contributed by atoms with E-state index in [4.69, 9.17) is 9.47 Å². The minimum atomic E-state index is -0.534. The Hall–Kier alpha value is -2.03. The van der Waals surface area contributed by atoms with E-state index in [9.17, 15) is 14.4 Å². The quantitative estimate of drug-likeness (QED) is 0.625. The molecule has 0 bridgehead atoms. The average molecular weight is 437 g/mol. The number of ether oxygens (including phenoxy) is 2. The van der Waals surface area contributed by atoms with E-state index >= 15 is 0 Å². The predicted octanol–water partition coefficient (Wildman–Crippen LogP) is 1.76. The lowest BCUT2D eigenvalue weighted by atomic mass is 10.1. The molecule has 3 heterocycles. The molecule has 4 rings (SSSR count). The Morgan fingerprint density at radius 1 is 1.23 bits per heavy atom. The standard InChI is InChI=1S/C22H36N4O5/c1-14(2)24-11-15(9-16(24)18(27)30-6)12-25-17-10-22(17)13-23(7-8-26(22)19(25)28)20(29)31-21(3,4)5/h14-17H,7-13H2,1-6H3/t15-,16+,17?,22?/m0/s1. The number of rotatable bonds is 4. The number of hydrogen-bond acceptors (Lipinski definition) is 6. The maximum absolute atomic E-state index is 13.2. The number of piperazine rings is 1. The van der Waals surface area contributed by atoms with Gasteiger partial charge in [-0.1, -0.05) is 0 Å². The van der Waals surface area contributed by atoms with Gasteiger partial charge in [-0.25, -0.2) is 9.59 Å². The highest BCUT2D eigenvalue weighted by Crippen LogP contribution is 2.54. The summed E-state index contributed by atoms with van der Waals surface area (Å²) in [5.74, 6) is 0.0358. The van der Waals surface area contributed by atoms with Crippen molar-refractivity contribution >= 4 is 18.1 Å². The molecular formula is C22H36N4O5. The number of nitrogens with zero attached hydrogens (tertiary/aromatic N) is 4.